The van der Waals surface area contributed by atoms with E-state index in [2.05, 4.69) is 55.3 Å². The van der Waals surface area contributed by atoms with Crippen molar-refractivity contribution in [1.82, 2.24) is 5.32 Å². The van der Waals surface area contributed by atoms with E-state index in [4.69, 9.17) is 4.99 Å². The minimum Gasteiger partial charge on any atom is -0.376 e. The summed E-state index contributed by atoms with van der Waals surface area (Å²) in [7, 11) is 1.95. The Morgan fingerprint density at radius 2 is 1.75 bits per heavy atom. The molecule has 0 saturated carbocycles. The molecule has 0 atom stereocenters. The second-order valence-corrected chi connectivity index (χ2v) is 6.50. The van der Waals surface area contributed by atoms with Crippen molar-refractivity contribution in [3.8, 4) is 0 Å². The van der Waals surface area contributed by atoms with Crippen LogP contribution in [0.2, 0.25) is 0 Å². The summed E-state index contributed by atoms with van der Waals surface area (Å²) in [6, 6.07) is 8.49. The lowest BCUT2D eigenvalue weighted by Gasteiger charge is -2.30. The van der Waals surface area contributed by atoms with Gasteiger partial charge in [0.05, 0.1) is 11.4 Å². The predicted octanol–water partition coefficient (Wildman–Crippen LogP) is 3.97. The molecule has 0 unspecified atom stereocenters. The molecule has 1 aromatic rings. The Hall–Kier alpha value is -1.51. The normalized spacial score (nSPS) is 17.2. The number of para-hydroxylation sites is 2. The van der Waals surface area contributed by atoms with Crippen LogP contribution in [0.25, 0.3) is 0 Å². The molecule has 1 fully saturated rings. The summed E-state index contributed by atoms with van der Waals surface area (Å²) < 4.78 is 0. The van der Waals surface area contributed by atoms with E-state index in [-0.39, 0.29) is 5.41 Å². The van der Waals surface area contributed by atoms with Gasteiger partial charge in [0.2, 0.25) is 0 Å². The molecule has 2 rings (SSSR count). The largest absolute Gasteiger partial charge is 0.376 e. The maximum Gasteiger partial charge on any atom is 0.107 e. The van der Waals surface area contributed by atoms with Crippen LogP contribution in [0, 0.1) is 5.41 Å². The zero-order chi connectivity index (χ0) is 14.6. The molecule has 0 aromatic heterocycles. The van der Waals surface area contributed by atoms with Gasteiger partial charge in [0.25, 0.3) is 0 Å². The van der Waals surface area contributed by atoms with E-state index in [1.165, 1.54) is 24.9 Å². The lowest BCUT2D eigenvalue weighted by Crippen LogP contribution is -2.32. The predicted molar refractivity (Wildman–Crippen MR) is 88.1 cm³/mol. The Labute approximate surface area is 123 Å². The van der Waals surface area contributed by atoms with Gasteiger partial charge in [-0.25, -0.2) is 4.99 Å². The molecule has 1 aliphatic rings. The highest BCUT2D eigenvalue weighted by molar-refractivity contribution is 5.90. The molecule has 1 N–H and O–H groups in total. The molecule has 0 aliphatic carbocycles. The molecule has 1 aromatic carbocycles. The Morgan fingerprint density at radius 3 is 2.35 bits per heavy atom. The Morgan fingerprint density at radius 1 is 1.10 bits per heavy atom. The highest BCUT2D eigenvalue weighted by Crippen LogP contribution is 2.31. The summed E-state index contributed by atoms with van der Waals surface area (Å²) in [5.74, 6) is 1.03. The van der Waals surface area contributed by atoms with Crippen LogP contribution in [0.1, 0.15) is 40.0 Å². The molecule has 0 radical (unpaired) electrons. The topological polar surface area (TPSA) is 27.6 Å². The molecular weight excluding hydrogens is 246 g/mol. The van der Waals surface area contributed by atoms with Gasteiger partial charge in [0.15, 0.2) is 0 Å². The molecule has 3 nitrogen and oxygen atoms in total. The monoisotopic (exact) mass is 273 g/mol. The van der Waals surface area contributed by atoms with Gasteiger partial charge in [-0.3, -0.25) is 0 Å². The van der Waals surface area contributed by atoms with Crippen LogP contribution in [-0.2, 0) is 0 Å². The van der Waals surface area contributed by atoms with Crippen molar-refractivity contribution in [2.75, 3.05) is 25.0 Å². The average molecular weight is 273 g/mol. The summed E-state index contributed by atoms with van der Waals surface area (Å²) in [5.41, 5.74) is 2.38. The molecule has 0 spiro atoms. The maximum absolute atomic E-state index is 4.89. The van der Waals surface area contributed by atoms with Crippen LogP contribution >= 0.6 is 0 Å². The lowest BCUT2D eigenvalue weighted by molar-refractivity contribution is 0.571. The van der Waals surface area contributed by atoms with Gasteiger partial charge in [0, 0.05) is 25.6 Å². The molecule has 0 bridgehead atoms. The van der Waals surface area contributed by atoms with E-state index in [0.717, 1.165) is 24.6 Å². The fourth-order valence-electron chi connectivity index (χ4n) is 2.68. The fraction of sp³-hybridized carbons (Fsp3) is 0.588. The number of anilines is 1. The van der Waals surface area contributed by atoms with Gasteiger partial charge < -0.3 is 10.2 Å². The standard InChI is InChI=1S/C17H27N3/c1-17(2,3)16(18-4)19-14-10-6-7-11-15(14)20-12-8-5-9-13-20/h6-7,10-11H,5,8-9,12-13H2,1-4H3,(H,18,19). The second-order valence-electron chi connectivity index (χ2n) is 6.50. The van der Waals surface area contributed by atoms with Gasteiger partial charge in [-0.05, 0) is 31.4 Å². The first kappa shape index (κ1) is 14.9. The highest BCUT2D eigenvalue weighted by Gasteiger charge is 2.19. The lowest BCUT2D eigenvalue weighted by atomic mass is 9.95. The van der Waals surface area contributed by atoms with Crippen LogP contribution in [0.5, 0.6) is 0 Å². The Kier molecular flexibility index (Phi) is 4.69. The zero-order valence-electron chi connectivity index (χ0n) is 13.2. The molecule has 20 heavy (non-hydrogen) atoms. The van der Waals surface area contributed by atoms with Crippen molar-refractivity contribution in [3.05, 3.63) is 24.3 Å². The van der Waals surface area contributed by atoms with Crippen molar-refractivity contribution in [2.24, 2.45) is 10.4 Å². The second kappa shape index (κ2) is 6.29. The van der Waals surface area contributed by atoms with E-state index in [1.54, 1.807) is 0 Å². The minimum absolute atomic E-state index is 0.0315. The number of benzene rings is 1. The third-order valence-electron chi connectivity index (χ3n) is 3.76. The van der Waals surface area contributed by atoms with Crippen LogP contribution in [0.3, 0.4) is 0 Å². The quantitative estimate of drug-likeness (QED) is 0.652. The summed E-state index contributed by atoms with van der Waals surface area (Å²) in [5, 5.41) is 3.25. The third-order valence-corrected chi connectivity index (χ3v) is 3.76. The van der Waals surface area contributed by atoms with Crippen LogP contribution in [0.15, 0.2) is 29.3 Å². The number of nitrogens with one attached hydrogen (secondary N) is 1. The Bertz CT molecular complexity index is 465. The van der Waals surface area contributed by atoms with E-state index in [0.29, 0.717) is 0 Å². The first-order valence-corrected chi connectivity index (χ1v) is 7.63. The van der Waals surface area contributed by atoms with Gasteiger partial charge in [-0.1, -0.05) is 32.9 Å². The summed E-state index contributed by atoms with van der Waals surface area (Å²) in [4.78, 5) is 7.36. The van der Waals surface area contributed by atoms with Crippen LogP contribution < -0.4 is 10.2 Å². The molecule has 1 saturated heterocycles. The zero-order valence-corrected chi connectivity index (χ0v) is 13.2. The summed E-state index contributed by atoms with van der Waals surface area (Å²) >= 11 is 0. The van der Waals surface area contributed by atoms with Gasteiger partial charge in [-0.15, -0.1) is 0 Å². The molecule has 3 heteroatoms. The van der Waals surface area contributed by atoms with Crippen molar-refractivity contribution < 1.29 is 0 Å². The van der Waals surface area contributed by atoms with Crippen molar-refractivity contribution in [2.45, 2.75) is 40.0 Å². The number of rotatable bonds is 2. The van der Waals surface area contributed by atoms with Gasteiger partial charge in [-0.2, -0.15) is 0 Å². The number of hydrogen-bond acceptors (Lipinski definition) is 2. The summed E-state index contributed by atoms with van der Waals surface area (Å²) in [6.45, 7) is 8.86. The van der Waals surface area contributed by atoms with E-state index >= 15 is 0 Å². The number of hydrogen-bond donors (Lipinski definition) is 1. The molecular formula is C17H27N3. The molecule has 1 aliphatic heterocycles. The minimum atomic E-state index is 0.0315. The van der Waals surface area contributed by atoms with Crippen LogP contribution in [-0.4, -0.2) is 26.0 Å². The number of aliphatic imine (C=N–C) groups is 1. The molecule has 110 valence electrons. The van der Waals surface area contributed by atoms with Crippen molar-refractivity contribution >= 4 is 17.2 Å². The van der Waals surface area contributed by atoms with E-state index in [1.807, 2.05) is 7.05 Å². The average Bonchev–Trinajstić information content (AvgIpc) is 2.45. The Balaban J connectivity index is 2.34. The maximum atomic E-state index is 4.89. The first-order valence-electron chi connectivity index (χ1n) is 7.63. The van der Waals surface area contributed by atoms with E-state index in [9.17, 15) is 0 Å². The number of amidine groups is 1. The van der Waals surface area contributed by atoms with E-state index < -0.39 is 0 Å². The van der Waals surface area contributed by atoms with Crippen molar-refractivity contribution in [3.63, 3.8) is 0 Å². The fourth-order valence-corrected chi connectivity index (χ4v) is 2.68. The van der Waals surface area contributed by atoms with Gasteiger partial charge >= 0.3 is 0 Å². The third kappa shape index (κ3) is 3.53. The highest BCUT2D eigenvalue weighted by atomic mass is 15.1. The molecule has 0 amide bonds. The van der Waals surface area contributed by atoms with Crippen molar-refractivity contribution in [1.29, 1.82) is 0 Å². The number of piperidine rings is 1. The number of nitrogens with zero attached hydrogens (tertiary/aromatic N) is 2. The summed E-state index contributed by atoms with van der Waals surface area (Å²) in [6.07, 6.45) is 3.93. The van der Waals surface area contributed by atoms with Gasteiger partial charge in [0.1, 0.15) is 5.84 Å². The molecule has 1 heterocycles. The van der Waals surface area contributed by atoms with Crippen LogP contribution in [0.4, 0.5) is 11.4 Å². The SMILES string of the molecule is CNC(=Nc1ccccc1N1CCCCC1)C(C)(C)C. The first-order chi connectivity index (χ1) is 9.52. The smallest absolute Gasteiger partial charge is 0.107 e.